The lowest BCUT2D eigenvalue weighted by molar-refractivity contribution is -0.148. The van der Waals surface area contributed by atoms with Gasteiger partial charge in [-0.05, 0) is 46.7 Å². The van der Waals surface area contributed by atoms with Gasteiger partial charge in [-0.15, -0.1) is 0 Å². The highest BCUT2D eigenvalue weighted by atomic mass is 32.2. The number of rotatable bonds is 18. The first-order valence-electron chi connectivity index (χ1n) is 16.0. The van der Waals surface area contributed by atoms with Crippen molar-refractivity contribution in [3.8, 4) is 0 Å². The standard InChI is InChI=1S/C35H50N4O6S/c1-6-27(4)20-35(42)39(37-34(41)23-36-18-19-45-5)32(21-28-12-8-7-9-13-28)33(40)25-38(24-26(2)3)46(43,44)31-17-16-29-14-10-11-15-30(29)22-31/h7-17,22,26-27,32-33,36,40H,6,18-21,23-25H2,1-5H3,(H,37,41)/t27-,32?,33+/m0/s1. The summed E-state index contributed by atoms with van der Waals surface area (Å²) in [4.78, 5) is 27.0. The number of carbonyl (C=O) groups is 2. The van der Waals surface area contributed by atoms with Gasteiger partial charge in [0, 0.05) is 33.2 Å². The number of aliphatic hydroxyl groups is 1. The molecule has 1 unspecified atom stereocenters. The number of nitrogens with one attached hydrogen (secondary N) is 2. The van der Waals surface area contributed by atoms with Gasteiger partial charge in [0.2, 0.25) is 15.9 Å². The third kappa shape index (κ3) is 10.9. The number of amides is 2. The topological polar surface area (TPSA) is 128 Å². The first kappa shape index (κ1) is 37.1. The molecule has 3 N–H and O–H groups in total. The molecule has 10 nitrogen and oxygen atoms in total. The lowest BCUT2D eigenvalue weighted by atomic mass is 9.98. The Labute approximate surface area is 274 Å². The number of benzene rings is 3. The van der Waals surface area contributed by atoms with E-state index in [0.29, 0.717) is 13.2 Å². The number of carbonyl (C=O) groups excluding carboxylic acids is 2. The molecule has 0 saturated carbocycles. The molecule has 11 heteroatoms. The van der Waals surface area contributed by atoms with E-state index in [1.165, 1.54) is 9.31 Å². The molecule has 0 radical (unpaired) electrons. The van der Waals surface area contributed by atoms with E-state index in [2.05, 4.69) is 10.7 Å². The first-order chi connectivity index (χ1) is 22.0. The van der Waals surface area contributed by atoms with Gasteiger partial charge < -0.3 is 15.2 Å². The lowest BCUT2D eigenvalue weighted by Crippen LogP contribution is -2.60. The zero-order valence-electron chi connectivity index (χ0n) is 27.7. The van der Waals surface area contributed by atoms with Crippen LogP contribution >= 0.6 is 0 Å². The summed E-state index contributed by atoms with van der Waals surface area (Å²) in [5.41, 5.74) is 3.57. The highest BCUT2D eigenvalue weighted by molar-refractivity contribution is 7.89. The lowest BCUT2D eigenvalue weighted by Gasteiger charge is -2.37. The number of hydrogen-bond donors (Lipinski definition) is 3. The van der Waals surface area contributed by atoms with Crippen LogP contribution in [-0.2, 0) is 30.8 Å². The Morgan fingerprint density at radius 3 is 2.26 bits per heavy atom. The second kappa shape index (κ2) is 18.1. The largest absolute Gasteiger partial charge is 0.390 e. The molecule has 0 aromatic heterocycles. The monoisotopic (exact) mass is 654 g/mol. The Morgan fingerprint density at radius 1 is 0.935 bits per heavy atom. The number of fused-ring (bicyclic) bond motifs is 1. The predicted molar refractivity (Wildman–Crippen MR) is 181 cm³/mol. The maximum Gasteiger partial charge on any atom is 0.252 e. The number of sulfonamides is 1. The Hall–Kier alpha value is -3.35. The maximum absolute atomic E-state index is 14.1. The van der Waals surface area contributed by atoms with Crippen LogP contribution in [0.5, 0.6) is 0 Å². The summed E-state index contributed by atoms with van der Waals surface area (Å²) >= 11 is 0. The molecule has 3 rings (SSSR count). The number of methoxy groups -OCH3 is 1. The van der Waals surface area contributed by atoms with Crippen molar-refractivity contribution in [3.05, 3.63) is 78.4 Å². The van der Waals surface area contributed by atoms with E-state index in [1.54, 1.807) is 25.3 Å². The molecule has 0 bridgehead atoms. The second-order valence-electron chi connectivity index (χ2n) is 12.2. The molecule has 3 aromatic rings. The molecule has 252 valence electrons. The minimum atomic E-state index is -4.04. The van der Waals surface area contributed by atoms with E-state index in [9.17, 15) is 23.1 Å². The Balaban J connectivity index is 2.00. The van der Waals surface area contributed by atoms with E-state index in [1.807, 2.05) is 82.3 Å². The average molecular weight is 655 g/mol. The number of hydrazine groups is 1. The summed E-state index contributed by atoms with van der Waals surface area (Å²) in [5.74, 6) is -0.822. The molecule has 0 aliphatic heterocycles. The van der Waals surface area contributed by atoms with Crippen LogP contribution in [0, 0.1) is 11.8 Å². The van der Waals surface area contributed by atoms with Crippen LogP contribution in [0.2, 0.25) is 0 Å². The molecule has 0 saturated heterocycles. The van der Waals surface area contributed by atoms with Gasteiger partial charge in [-0.3, -0.25) is 15.0 Å². The van der Waals surface area contributed by atoms with E-state index < -0.39 is 28.1 Å². The highest BCUT2D eigenvalue weighted by Crippen LogP contribution is 2.24. The first-order valence-corrected chi connectivity index (χ1v) is 17.4. The van der Waals surface area contributed by atoms with Crippen LogP contribution in [0.1, 0.15) is 46.1 Å². The molecule has 3 aromatic carbocycles. The van der Waals surface area contributed by atoms with Gasteiger partial charge in [-0.25, -0.2) is 13.4 Å². The van der Waals surface area contributed by atoms with Crippen molar-refractivity contribution in [1.82, 2.24) is 20.1 Å². The summed E-state index contributed by atoms with van der Waals surface area (Å²) in [6.07, 6.45) is -0.241. The van der Waals surface area contributed by atoms with Gasteiger partial charge in [0.05, 0.1) is 30.2 Å². The van der Waals surface area contributed by atoms with Gasteiger partial charge in [0.15, 0.2) is 0 Å². The van der Waals surface area contributed by atoms with Crippen LogP contribution < -0.4 is 10.7 Å². The van der Waals surface area contributed by atoms with Gasteiger partial charge >= 0.3 is 0 Å². The molecular formula is C35H50N4O6S. The van der Waals surface area contributed by atoms with Crippen molar-refractivity contribution in [2.24, 2.45) is 11.8 Å². The van der Waals surface area contributed by atoms with Crippen molar-refractivity contribution >= 4 is 32.6 Å². The minimum absolute atomic E-state index is 0.0342. The Kier molecular flexibility index (Phi) is 14.6. The van der Waals surface area contributed by atoms with Crippen LogP contribution in [-0.4, -0.2) is 86.7 Å². The molecule has 0 fully saturated rings. The summed E-state index contributed by atoms with van der Waals surface area (Å²) in [6.45, 7) is 8.42. The van der Waals surface area contributed by atoms with Crippen LogP contribution in [0.4, 0.5) is 0 Å². The van der Waals surface area contributed by atoms with Crippen molar-refractivity contribution in [2.75, 3.05) is 39.9 Å². The molecule has 0 aliphatic carbocycles. The molecule has 0 heterocycles. The van der Waals surface area contributed by atoms with E-state index in [0.717, 1.165) is 22.8 Å². The molecule has 46 heavy (non-hydrogen) atoms. The summed E-state index contributed by atoms with van der Waals surface area (Å²) in [5, 5.41) is 17.8. The summed E-state index contributed by atoms with van der Waals surface area (Å²) in [6, 6.07) is 20.9. The van der Waals surface area contributed by atoms with Crippen molar-refractivity contribution in [2.45, 2.75) is 64.0 Å². The van der Waals surface area contributed by atoms with Gasteiger partial charge in [0.1, 0.15) is 0 Å². The van der Waals surface area contributed by atoms with Gasteiger partial charge in [0.25, 0.3) is 5.91 Å². The molecular weight excluding hydrogens is 604 g/mol. The van der Waals surface area contributed by atoms with Crippen LogP contribution in [0.15, 0.2) is 77.7 Å². The van der Waals surface area contributed by atoms with Crippen molar-refractivity contribution in [3.63, 3.8) is 0 Å². The SMILES string of the molecule is CC[C@H](C)CC(=O)N(NC(=O)CNCCOC)C(Cc1ccccc1)[C@H](O)CN(CC(C)C)S(=O)(=O)c1ccc2ccccc2c1. The van der Waals surface area contributed by atoms with E-state index in [4.69, 9.17) is 4.74 Å². The van der Waals surface area contributed by atoms with E-state index >= 15 is 0 Å². The maximum atomic E-state index is 14.1. The van der Waals surface area contributed by atoms with Crippen molar-refractivity contribution in [1.29, 1.82) is 0 Å². The molecule has 0 spiro atoms. The molecule has 2 amide bonds. The van der Waals surface area contributed by atoms with Gasteiger partial charge in [-0.2, -0.15) is 4.31 Å². The number of ether oxygens (including phenoxy) is 1. The van der Waals surface area contributed by atoms with Gasteiger partial charge in [-0.1, -0.05) is 94.8 Å². The quantitative estimate of drug-likeness (QED) is 0.140. The summed E-state index contributed by atoms with van der Waals surface area (Å²) in [7, 11) is -2.47. The fraction of sp³-hybridized carbons (Fsp3) is 0.486. The van der Waals surface area contributed by atoms with Crippen LogP contribution in [0.25, 0.3) is 10.8 Å². The average Bonchev–Trinajstić information content (AvgIpc) is 3.04. The Morgan fingerprint density at radius 2 is 1.61 bits per heavy atom. The third-order valence-corrected chi connectivity index (χ3v) is 9.71. The second-order valence-corrected chi connectivity index (χ2v) is 14.2. The number of aliphatic hydroxyl groups excluding tert-OH is 1. The molecule has 3 atom stereocenters. The third-order valence-electron chi connectivity index (χ3n) is 7.88. The zero-order chi connectivity index (χ0) is 33.7. The number of hydrogen-bond acceptors (Lipinski definition) is 7. The summed E-state index contributed by atoms with van der Waals surface area (Å²) < 4.78 is 34.5. The smallest absolute Gasteiger partial charge is 0.252 e. The zero-order valence-corrected chi connectivity index (χ0v) is 28.5. The van der Waals surface area contributed by atoms with Crippen LogP contribution in [0.3, 0.4) is 0 Å². The van der Waals surface area contributed by atoms with E-state index in [-0.39, 0.29) is 55.1 Å². The normalized spacial score (nSPS) is 13.9. The predicted octanol–water partition coefficient (Wildman–Crippen LogP) is 3.99. The fourth-order valence-corrected chi connectivity index (χ4v) is 6.82. The minimum Gasteiger partial charge on any atom is -0.390 e. The molecule has 0 aliphatic rings. The fourth-order valence-electron chi connectivity index (χ4n) is 5.16. The number of nitrogens with zero attached hydrogens (tertiary/aromatic N) is 2. The Bertz CT molecular complexity index is 1500. The highest BCUT2D eigenvalue weighted by Gasteiger charge is 2.36. The van der Waals surface area contributed by atoms with Crippen molar-refractivity contribution < 1.29 is 27.9 Å².